The van der Waals surface area contributed by atoms with E-state index in [9.17, 15) is 0 Å². The van der Waals surface area contributed by atoms with Crippen molar-refractivity contribution < 1.29 is 0 Å². The van der Waals surface area contributed by atoms with Crippen LogP contribution in [0.2, 0.25) is 0 Å². The molecule has 1 heterocycles. The Morgan fingerprint density at radius 2 is 2.00 bits per heavy atom. The van der Waals surface area contributed by atoms with Gasteiger partial charge in [-0.3, -0.25) is 5.43 Å². The van der Waals surface area contributed by atoms with Gasteiger partial charge in [0.25, 0.3) is 0 Å². The van der Waals surface area contributed by atoms with E-state index in [0.29, 0.717) is 18.1 Å². The van der Waals surface area contributed by atoms with E-state index in [2.05, 4.69) is 60.3 Å². The summed E-state index contributed by atoms with van der Waals surface area (Å²) in [7, 11) is 0. The first-order valence-corrected chi connectivity index (χ1v) is 6.05. The zero-order valence-corrected chi connectivity index (χ0v) is 10.0. The number of rotatable bonds is 4. The lowest BCUT2D eigenvalue weighted by molar-refractivity contribution is 0.478. The molecule has 2 atom stereocenters. The molecule has 1 aliphatic rings. The Balaban J connectivity index is 1.84. The first kappa shape index (κ1) is 11.6. The van der Waals surface area contributed by atoms with Crippen LogP contribution < -0.4 is 16.2 Å². The van der Waals surface area contributed by atoms with Crippen molar-refractivity contribution in [3.05, 3.63) is 35.9 Å². The highest BCUT2D eigenvalue weighted by molar-refractivity contribution is 5.19. The van der Waals surface area contributed by atoms with Crippen LogP contribution >= 0.6 is 0 Å². The van der Waals surface area contributed by atoms with Crippen LogP contribution in [0.25, 0.3) is 0 Å². The van der Waals surface area contributed by atoms with Crippen LogP contribution in [0, 0.1) is 0 Å². The summed E-state index contributed by atoms with van der Waals surface area (Å²) >= 11 is 0. The van der Waals surface area contributed by atoms with Crippen LogP contribution in [-0.4, -0.2) is 18.6 Å². The first-order chi connectivity index (χ1) is 7.75. The van der Waals surface area contributed by atoms with Crippen molar-refractivity contribution in [3.63, 3.8) is 0 Å². The predicted molar refractivity (Wildman–Crippen MR) is 67.0 cm³/mol. The van der Waals surface area contributed by atoms with Gasteiger partial charge in [-0.05, 0) is 12.0 Å². The third-order valence-corrected chi connectivity index (χ3v) is 2.96. The van der Waals surface area contributed by atoms with Crippen molar-refractivity contribution in [1.82, 2.24) is 16.2 Å². The smallest absolute Gasteiger partial charge is 0.0478 e. The average molecular weight is 219 g/mol. The molecule has 0 spiro atoms. The molecule has 0 radical (unpaired) electrons. The molecular formula is C13H21N3. The lowest BCUT2D eigenvalue weighted by Crippen LogP contribution is -2.40. The standard InChI is InChI=1S/C13H21N3/c1-10(2)14-9-12-8-13(16-15-12)11-6-4-3-5-7-11/h3-7,10,12-16H,8-9H2,1-2H3. The molecule has 1 aliphatic heterocycles. The molecule has 0 bridgehead atoms. The largest absolute Gasteiger partial charge is 0.313 e. The van der Waals surface area contributed by atoms with Crippen LogP contribution in [0.3, 0.4) is 0 Å². The molecule has 3 nitrogen and oxygen atoms in total. The first-order valence-electron chi connectivity index (χ1n) is 6.05. The van der Waals surface area contributed by atoms with Gasteiger partial charge in [0.1, 0.15) is 0 Å². The molecule has 2 rings (SSSR count). The van der Waals surface area contributed by atoms with Gasteiger partial charge >= 0.3 is 0 Å². The van der Waals surface area contributed by atoms with Gasteiger partial charge in [-0.2, -0.15) is 0 Å². The minimum atomic E-state index is 0.445. The maximum atomic E-state index is 3.46. The molecule has 1 aromatic carbocycles. The Kier molecular flexibility index (Phi) is 3.93. The zero-order valence-electron chi connectivity index (χ0n) is 10.0. The van der Waals surface area contributed by atoms with Crippen molar-refractivity contribution in [3.8, 4) is 0 Å². The minimum absolute atomic E-state index is 0.445. The van der Waals surface area contributed by atoms with Crippen LogP contribution in [0.1, 0.15) is 31.9 Å². The fourth-order valence-corrected chi connectivity index (χ4v) is 2.04. The van der Waals surface area contributed by atoms with E-state index in [1.807, 2.05) is 0 Å². The monoisotopic (exact) mass is 219 g/mol. The molecule has 1 fully saturated rings. The molecule has 0 saturated carbocycles. The Morgan fingerprint density at radius 3 is 2.69 bits per heavy atom. The molecule has 16 heavy (non-hydrogen) atoms. The van der Waals surface area contributed by atoms with Gasteiger partial charge in [0.2, 0.25) is 0 Å². The number of hydrogen-bond acceptors (Lipinski definition) is 3. The molecule has 1 saturated heterocycles. The topological polar surface area (TPSA) is 36.1 Å². The van der Waals surface area contributed by atoms with Gasteiger partial charge in [-0.1, -0.05) is 44.2 Å². The molecule has 1 aromatic rings. The van der Waals surface area contributed by atoms with Crippen molar-refractivity contribution in [1.29, 1.82) is 0 Å². The third-order valence-electron chi connectivity index (χ3n) is 2.96. The fraction of sp³-hybridized carbons (Fsp3) is 0.538. The molecular weight excluding hydrogens is 198 g/mol. The van der Waals surface area contributed by atoms with Crippen LogP contribution in [0.5, 0.6) is 0 Å². The second-order valence-corrected chi connectivity index (χ2v) is 4.75. The molecule has 2 unspecified atom stereocenters. The average Bonchev–Trinajstić information content (AvgIpc) is 2.76. The van der Waals surface area contributed by atoms with Gasteiger partial charge in [0, 0.05) is 24.7 Å². The minimum Gasteiger partial charge on any atom is -0.313 e. The Labute approximate surface area is 97.6 Å². The summed E-state index contributed by atoms with van der Waals surface area (Å²) in [6.07, 6.45) is 1.14. The lowest BCUT2D eigenvalue weighted by Gasteiger charge is -2.13. The fourth-order valence-electron chi connectivity index (χ4n) is 2.04. The second-order valence-electron chi connectivity index (χ2n) is 4.75. The summed E-state index contributed by atoms with van der Waals surface area (Å²) in [4.78, 5) is 0. The molecule has 3 heteroatoms. The highest BCUT2D eigenvalue weighted by Crippen LogP contribution is 2.21. The summed E-state index contributed by atoms with van der Waals surface area (Å²) in [6, 6.07) is 12.1. The third kappa shape index (κ3) is 3.04. The zero-order chi connectivity index (χ0) is 11.4. The number of hydrazine groups is 1. The number of benzene rings is 1. The predicted octanol–water partition coefficient (Wildman–Crippen LogP) is 1.59. The van der Waals surface area contributed by atoms with Crippen molar-refractivity contribution in [2.75, 3.05) is 6.54 Å². The highest BCUT2D eigenvalue weighted by atomic mass is 15.4. The van der Waals surface area contributed by atoms with Gasteiger partial charge in [0.05, 0.1) is 0 Å². The summed E-state index contributed by atoms with van der Waals surface area (Å²) in [5, 5.41) is 3.46. The van der Waals surface area contributed by atoms with E-state index in [1.165, 1.54) is 5.56 Å². The van der Waals surface area contributed by atoms with Gasteiger partial charge in [-0.25, -0.2) is 5.43 Å². The van der Waals surface area contributed by atoms with Crippen molar-refractivity contribution in [2.45, 2.75) is 38.4 Å². The van der Waals surface area contributed by atoms with E-state index >= 15 is 0 Å². The molecule has 3 N–H and O–H groups in total. The Bertz CT molecular complexity index is 310. The van der Waals surface area contributed by atoms with Crippen LogP contribution in [0.15, 0.2) is 30.3 Å². The summed E-state index contributed by atoms with van der Waals surface area (Å²) in [5.41, 5.74) is 8.07. The summed E-state index contributed by atoms with van der Waals surface area (Å²) < 4.78 is 0. The highest BCUT2D eigenvalue weighted by Gasteiger charge is 2.24. The van der Waals surface area contributed by atoms with Gasteiger partial charge in [-0.15, -0.1) is 0 Å². The molecule has 0 aliphatic carbocycles. The lowest BCUT2D eigenvalue weighted by atomic mass is 10.0. The van der Waals surface area contributed by atoms with E-state index < -0.39 is 0 Å². The van der Waals surface area contributed by atoms with E-state index in [0.717, 1.165) is 13.0 Å². The number of nitrogens with one attached hydrogen (secondary N) is 3. The Morgan fingerprint density at radius 1 is 1.25 bits per heavy atom. The maximum absolute atomic E-state index is 3.46. The SMILES string of the molecule is CC(C)NCC1CC(c2ccccc2)NN1. The van der Waals surface area contributed by atoms with Crippen LogP contribution in [0.4, 0.5) is 0 Å². The van der Waals surface area contributed by atoms with Crippen LogP contribution in [-0.2, 0) is 0 Å². The normalized spacial score (nSPS) is 25.2. The molecule has 88 valence electrons. The van der Waals surface area contributed by atoms with E-state index in [4.69, 9.17) is 0 Å². The van der Waals surface area contributed by atoms with Gasteiger partial charge in [0.15, 0.2) is 0 Å². The second kappa shape index (κ2) is 5.43. The summed E-state index contributed by atoms with van der Waals surface area (Å²) in [5.74, 6) is 0. The maximum Gasteiger partial charge on any atom is 0.0478 e. The summed E-state index contributed by atoms with van der Waals surface area (Å²) in [6.45, 7) is 5.38. The molecule has 0 amide bonds. The van der Waals surface area contributed by atoms with Crippen molar-refractivity contribution >= 4 is 0 Å². The van der Waals surface area contributed by atoms with E-state index in [1.54, 1.807) is 0 Å². The van der Waals surface area contributed by atoms with Gasteiger partial charge < -0.3 is 5.32 Å². The molecule has 0 aromatic heterocycles. The Hall–Kier alpha value is -0.900. The number of hydrogen-bond donors (Lipinski definition) is 3. The van der Waals surface area contributed by atoms with E-state index in [-0.39, 0.29) is 0 Å². The quantitative estimate of drug-likeness (QED) is 0.720. The van der Waals surface area contributed by atoms with Crippen molar-refractivity contribution in [2.24, 2.45) is 0 Å².